The number of hydrogen-bond donors (Lipinski definition) is 2. The average molecular weight is 192 g/mol. The molecule has 72 valence electrons. The monoisotopic (exact) mass is 192 g/mol. The van der Waals surface area contributed by atoms with E-state index in [2.05, 4.69) is 10.2 Å². The first-order chi connectivity index (χ1) is 6.65. The molecule has 2 rings (SSSR count). The summed E-state index contributed by atoms with van der Waals surface area (Å²) in [5.41, 5.74) is 7.37. The predicted molar refractivity (Wildman–Crippen MR) is 49.6 cm³/mol. The zero-order valence-electron chi connectivity index (χ0n) is 7.21. The van der Waals surface area contributed by atoms with Gasteiger partial charge in [0.25, 0.3) is 0 Å². The zero-order valence-corrected chi connectivity index (χ0v) is 7.21. The zero-order chi connectivity index (χ0) is 10.1. The maximum atomic E-state index is 10.4. The topological polar surface area (TPSA) is 94.0 Å². The molecule has 1 aromatic heterocycles. The molecular weight excluding hydrogens is 184 g/mol. The number of nitrogen functional groups attached to an aromatic ring is 1. The molecule has 14 heavy (non-hydrogen) atoms. The first kappa shape index (κ1) is 8.49. The van der Waals surface area contributed by atoms with Gasteiger partial charge in [-0.15, -0.1) is 0 Å². The lowest BCUT2D eigenvalue weighted by Gasteiger charge is -1.90. The maximum absolute atomic E-state index is 10.4. The van der Waals surface area contributed by atoms with E-state index in [4.69, 9.17) is 10.8 Å². The van der Waals surface area contributed by atoms with Crippen LogP contribution in [0.3, 0.4) is 0 Å². The molecule has 0 amide bonds. The lowest BCUT2D eigenvalue weighted by molar-refractivity contribution is -0.138. The quantitative estimate of drug-likeness (QED) is 0.658. The summed E-state index contributed by atoms with van der Waals surface area (Å²) in [4.78, 5) is 11.5. The predicted octanol–water partition coefficient (Wildman–Crippen LogP) is 0.0981. The van der Waals surface area contributed by atoms with E-state index in [0.717, 1.165) is 4.80 Å². The highest BCUT2D eigenvalue weighted by atomic mass is 16.4. The number of nitrogens with two attached hydrogens (primary N) is 1. The van der Waals surface area contributed by atoms with E-state index >= 15 is 0 Å². The van der Waals surface area contributed by atoms with Crippen molar-refractivity contribution in [3.63, 3.8) is 0 Å². The molecule has 0 saturated carbocycles. The van der Waals surface area contributed by atoms with Crippen molar-refractivity contribution in [2.45, 2.75) is 6.54 Å². The fraction of sp³-hybridized carbons (Fsp3) is 0.125. The van der Waals surface area contributed by atoms with E-state index in [-0.39, 0.29) is 6.54 Å². The third-order valence-corrected chi connectivity index (χ3v) is 1.72. The van der Waals surface area contributed by atoms with Crippen LogP contribution in [0.1, 0.15) is 0 Å². The first-order valence-electron chi connectivity index (χ1n) is 3.97. The smallest absolute Gasteiger partial charge is 0.327 e. The lowest BCUT2D eigenvalue weighted by Crippen LogP contribution is -2.11. The van der Waals surface area contributed by atoms with Crippen LogP contribution >= 0.6 is 0 Å². The molecule has 0 atom stereocenters. The molecule has 0 spiro atoms. The molecule has 3 N–H and O–H groups in total. The molecule has 0 aliphatic heterocycles. The van der Waals surface area contributed by atoms with Crippen LogP contribution in [-0.4, -0.2) is 26.1 Å². The van der Waals surface area contributed by atoms with Gasteiger partial charge >= 0.3 is 5.97 Å². The molecule has 0 radical (unpaired) electrons. The van der Waals surface area contributed by atoms with Crippen LogP contribution in [0.15, 0.2) is 18.2 Å². The normalized spacial score (nSPS) is 10.6. The third kappa shape index (κ3) is 1.49. The van der Waals surface area contributed by atoms with Crippen LogP contribution in [0, 0.1) is 0 Å². The van der Waals surface area contributed by atoms with Crippen LogP contribution in [0.25, 0.3) is 11.0 Å². The number of hydrogen-bond acceptors (Lipinski definition) is 4. The van der Waals surface area contributed by atoms with Crippen molar-refractivity contribution in [1.82, 2.24) is 15.0 Å². The third-order valence-electron chi connectivity index (χ3n) is 1.72. The second kappa shape index (κ2) is 2.99. The molecule has 6 heteroatoms. The van der Waals surface area contributed by atoms with Gasteiger partial charge in [-0.05, 0) is 18.2 Å². The number of fused-ring (bicyclic) bond motifs is 1. The minimum Gasteiger partial charge on any atom is -0.480 e. The number of carboxylic acid groups (broad SMARTS) is 1. The summed E-state index contributed by atoms with van der Waals surface area (Å²) in [5.74, 6) is -0.974. The fourth-order valence-corrected chi connectivity index (χ4v) is 1.17. The highest BCUT2D eigenvalue weighted by Crippen LogP contribution is 2.12. The molecule has 0 aliphatic rings. The molecule has 0 saturated heterocycles. The number of rotatable bonds is 2. The second-order valence-corrected chi connectivity index (χ2v) is 2.87. The minimum atomic E-state index is -0.974. The highest BCUT2D eigenvalue weighted by molar-refractivity contribution is 5.77. The number of carbonyl (C=O) groups is 1. The SMILES string of the molecule is Nc1ccc2nn(CC(=O)O)nc2c1. The van der Waals surface area contributed by atoms with Gasteiger partial charge in [0.05, 0.1) is 0 Å². The van der Waals surface area contributed by atoms with Gasteiger partial charge < -0.3 is 10.8 Å². The summed E-state index contributed by atoms with van der Waals surface area (Å²) in [7, 11) is 0. The summed E-state index contributed by atoms with van der Waals surface area (Å²) < 4.78 is 0. The minimum absolute atomic E-state index is 0.241. The molecule has 0 fully saturated rings. The first-order valence-corrected chi connectivity index (χ1v) is 3.97. The Morgan fingerprint density at radius 1 is 1.43 bits per heavy atom. The van der Waals surface area contributed by atoms with Crippen LogP contribution in [0.5, 0.6) is 0 Å². The van der Waals surface area contributed by atoms with Crippen molar-refractivity contribution in [3.05, 3.63) is 18.2 Å². The summed E-state index contributed by atoms with van der Waals surface area (Å²) in [6, 6.07) is 5.05. The Balaban J connectivity index is 2.46. The van der Waals surface area contributed by atoms with E-state index in [0.29, 0.717) is 16.7 Å². The summed E-state index contributed by atoms with van der Waals surface area (Å²) in [5, 5.41) is 16.4. The summed E-state index contributed by atoms with van der Waals surface area (Å²) >= 11 is 0. The summed E-state index contributed by atoms with van der Waals surface area (Å²) in [6.07, 6.45) is 0. The van der Waals surface area contributed by atoms with Crippen molar-refractivity contribution in [2.75, 3.05) is 5.73 Å². The Bertz CT molecular complexity index is 491. The molecule has 1 aromatic carbocycles. The van der Waals surface area contributed by atoms with E-state index in [1.165, 1.54) is 0 Å². The molecule has 1 heterocycles. The Labute approximate surface area is 78.9 Å². The molecule has 2 aromatic rings. The van der Waals surface area contributed by atoms with Gasteiger partial charge in [-0.25, -0.2) is 0 Å². The van der Waals surface area contributed by atoms with Crippen LogP contribution in [-0.2, 0) is 11.3 Å². The van der Waals surface area contributed by atoms with Gasteiger partial charge in [0.2, 0.25) is 0 Å². The molecular formula is C8H8N4O2. The van der Waals surface area contributed by atoms with Gasteiger partial charge in [-0.3, -0.25) is 4.79 Å². The lowest BCUT2D eigenvalue weighted by atomic mass is 10.3. The molecule has 0 bridgehead atoms. The Morgan fingerprint density at radius 2 is 2.14 bits per heavy atom. The molecule has 0 aliphatic carbocycles. The van der Waals surface area contributed by atoms with E-state index in [1.807, 2.05) is 0 Å². The van der Waals surface area contributed by atoms with E-state index in [9.17, 15) is 4.79 Å². The van der Waals surface area contributed by atoms with Crippen LogP contribution in [0.2, 0.25) is 0 Å². The van der Waals surface area contributed by atoms with Gasteiger partial charge in [-0.1, -0.05) is 0 Å². The van der Waals surface area contributed by atoms with Crippen molar-refractivity contribution in [3.8, 4) is 0 Å². The van der Waals surface area contributed by atoms with Gasteiger partial charge in [0, 0.05) is 5.69 Å². The van der Waals surface area contributed by atoms with Crippen LogP contribution < -0.4 is 5.73 Å². The Kier molecular flexibility index (Phi) is 1.81. The van der Waals surface area contributed by atoms with Gasteiger partial charge in [-0.2, -0.15) is 15.0 Å². The van der Waals surface area contributed by atoms with Crippen LogP contribution in [0.4, 0.5) is 5.69 Å². The number of aliphatic carboxylic acids is 1. The van der Waals surface area contributed by atoms with E-state index < -0.39 is 5.97 Å². The van der Waals surface area contributed by atoms with Crippen molar-refractivity contribution in [1.29, 1.82) is 0 Å². The second-order valence-electron chi connectivity index (χ2n) is 2.87. The molecule has 6 nitrogen and oxygen atoms in total. The standard InChI is InChI=1S/C8H8N4O2/c9-5-1-2-6-7(3-5)11-12(10-6)4-8(13)14/h1-3H,4,9H2,(H,13,14). The fourth-order valence-electron chi connectivity index (χ4n) is 1.17. The summed E-state index contributed by atoms with van der Waals surface area (Å²) in [6.45, 7) is -0.241. The Hall–Kier alpha value is -2.11. The number of carboxylic acids is 1. The van der Waals surface area contributed by atoms with E-state index in [1.54, 1.807) is 18.2 Å². The van der Waals surface area contributed by atoms with Crippen molar-refractivity contribution in [2.24, 2.45) is 0 Å². The van der Waals surface area contributed by atoms with Gasteiger partial charge in [0.15, 0.2) is 6.54 Å². The molecule has 0 unspecified atom stereocenters. The van der Waals surface area contributed by atoms with Crippen molar-refractivity contribution >= 4 is 22.7 Å². The maximum Gasteiger partial charge on any atom is 0.327 e. The number of aromatic nitrogens is 3. The Morgan fingerprint density at radius 3 is 2.86 bits per heavy atom. The highest BCUT2D eigenvalue weighted by Gasteiger charge is 2.05. The number of benzene rings is 1. The van der Waals surface area contributed by atoms with Gasteiger partial charge in [0.1, 0.15) is 11.0 Å². The van der Waals surface area contributed by atoms with Crippen molar-refractivity contribution < 1.29 is 9.90 Å². The largest absolute Gasteiger partial charge is 0.480 e. The average Bonchev–Trinajstić information content (AvgIpc) is 2.44. The number of anilines is 1. The number of nitrogens with zero attached hydrogens (tertiary/aromatic N) is 3.